The highest BCUT2D eigenvalue weighted by Crippen LogP contribution is 2.31. The maximum atomic E-state index is 6.02. The summed E-state index contributed by atoms with van der Waals surface area (Å²) in [4.78, 5) is 12.2. The summed E-state index contributed by atoms with van der Waals surface area (Å²) in [6.45, 7) is 0. The van der Waals surface area contributed by atoms with Gasteiger partial charge in [0.1, 0.15) is 5.52 Å². The van der Waals surface area contributed by atoms with E-state index in [1.54, 1.807) is 36.4 Å². The summed E-state index contributed by atoms with van der Waals surface area (Å²) in [5.41, 5.74) is 18.6. The Hall–Kier alpha value is -2.77. The zero-order chi connectivity index (χ0) is 17.3. The third-order valence-electron chi connectivity index (χ3n) is 3.03. The van der Waals surface area contributed by atoms with Crippen molar-refractivity contribution < 1.29 is 4.42 Å². The second-order valence-corrected chi connectivity index (χ2v) is 5.62. The van der Waals surface area contributed by atoms with Gasteiger partial charge >= 0.3 is 0 Å². The molecule has 0 aliphatic carbocycles. The zero-order valence-electron chi connectivity index (χ0n) is 12.2. The van der Waals surface area contributed by atoms with E-state index in [1.165, 1.54) is 0 Å². The molecule has 0 bridgehead atoms. The molecule has 3 aromatic rings. The number of hydrogen-bond donors (Lipinski definition) is 3. The second kappa shape index (κ2) is 6.38. The number of hydrogen-bond acceptors (Lipinski definition) is 3. The van der Waals surface area contributed by atoms with E-state index in [-0.39, 0.29) is 11.9 Å². The van der Waals surface area contributed by atoms with Gasteiger partial charge in [0.15, 0.2) is 11.5 Å². The molecule has 0 atom stereocenters. The standard InChI is InChI=1S/C15H12Cl2N6O/c16-9-3-1-7(5-10(9)17)13-22-11-6-8(2-4-12(11)24-13)21-15(20)23-14(18)19/h1-6H,(H6,18,19,20,21,23). The molecule has 0 unspecified atom stereocenters. The number of nitrogens with zero attached hydrogens (tertiary/aromatic N) is 3. The molecule has 0 fully saturated rings. The molecule has 6 N–H and O–H groups in total. The van der Waals surface area contributed by atoms with Crippen LogP contribution in [0.1, 0.15) is 0 Å². The minimum absolute atomic E-state index is 0.0532. The van der Waals surface area contributed by atoms with Crippen LogP contribution in [0, 0.1) is 0 Å². The number of fused-ring (bicyclic) bond motifs is 1. The van der Waals surface area contributed by atoms with Crippen LogP contribution in [0.2, 0.25) is 10.0 Å². The molecule has 24 heavy (non-hydrogen) atoms. The molecule has 1 aromatic heterocycles. The highest BCUT2D eigenvalue weighted by Gasteiger charge is 2.10. The van der Waals surface area contributed by atoms with Crippen LogP contribution in [0.4, 0.5) is 5.69 Å². The van der Waals surface area contributed by atoms with Gasteiger partial charge in [0, 0.05) is 5.56 Å². The van der Waals surface area contributed by atoms with Crippen LogP contribution < -0.4 is 17.2 Å². The molecule has 1 heterocycles. The van der Waals surface area contributed by atoms with E-state index in [4.69, 9.17) is 44.8 Å². The summed E-state index contributed by atoms with van der Waals surface area (Å²) in [6, 6.07) is 10.3. The molecule has 0 spiro atoms. The third-order valence-corrected chi connectivity index (χ3v) is 3.76. The summed E-state index contributed by atoms with van der Waals surface area (Å²) < 4.78 is 5.71. The summed E-state index contributed by atoms with van der Waals surface area (Å²) in [5.74, 6) is 0.199. The molecule has 0 saturated carbocycles. The lowest BCUT2D eigenvalue weighted by Gasteiger charge is -1.97. The first kappa shape index (κ1) is 16.1. The quantitative estimate of drug-likeness (QED) is 0.476. The second-order valence-electron chi connectivity index (χ2n) is 4.81. The molecular formula is C15H12Cl2N6O. The smallest absolute Gasteiger partial charge is 0.227 e. The normalized spacial score (nSPS) is 11.7. The van der Waals surface area contributed by atoms with Gasteiger partial charge in [0.2, 0.25) is 11.9 Å². The Balaban J connectivity index is 2.00. The summed E-state index contributed by atoms with van der Waals surface area (Å²) in [6.07, 6.45) is 0. The minimum Gasteiger partial charge on any atom is -0.436 e. The van der Waals surface area contributed by atoms with E-state index in [2.05, 4.69) is 15.0 Å². The lowest BCUT2D eigenvalue weighted by molar-refractivity contribution is 0.620. The van der Waals surface area contributed by atoms with E-state index in [9.17, 15) is 0 Å². The van der Waals surface area contributed by atoms with Crippen LogP contribution in [-0.2, 0) is 0 Å². The van der Waals surface area contributed by atoms with Crippen LogP contribution in [0.25, 0.3) is 22.6 Å². The number of aromatic nitrogens is 1. The first-order valence-electron chi connectivity index (χ1n) is 6.72. The highest BCUT2D eigenvalue weighted by molar-refractivity contribution is 6.42. The number of oxazole rings is 1. The van der Waals surface area contributed by atoms with Gasteiger partial charge in [-0.15, -0.1) is 0 Å². The minimum atomic E-state index is -0.166. The number of halogens is 2. The lowest BCUT2D eigenvalue weighted by Crippen LogP contribution is -2.26. The van der Waals surface area contributed by atoms with Crippen LogP contribution >= 0.6 is 23.2 Å². The van der Waals surface area contributed by atoms with Crippen molar-refractivity contribution in [2.45, 2.75) is 0 Å². The number of aliphatic imine (C=N–C) groups is 2. The first-order chi connectivity index (χ1) is 11.4. The molecule has 0 amide bonds. The maximum absolute atomic E-state index is 6.02. The highest BCUT2D eigenvalue weighted by atomic mass is 35.5. The molecule has 0 aliphatic heterocycles. The van der Waals surface area contributed by atoms with E-state index >= 15 is 0 Å². The van der Waals surface area contributed by atoms with Crippen LogP contribution in [-0.4, -0.2) is 16.9 Å². The van der Waals surface area contributed by atoms with Gasteiger partial charge < -0.3 is 21.6 Å². The number of rotatable bonds is 2. The van der Waals surface area contributed by atoms with Gasteiger partial charge in [-0.1, -0.05) is 23.2 Å². The van der Waals surface area contributed by atoms with Gasteiger partial charge in [-0.3, -0.25) is 0 Å². The predicted octanol–water partition coefficient (Wildman–Crippen LogP) is 3.02. The van der Waals surface area contributed by atoms with Gasteiger partial charge in [-0.2, -0.15) is 4.99 Å². The lowest BCUT2D eigenvalue weighted by atomic mass is 10.2. The summed E-state index contributed by atoms with van der Waals surface area (Å²) in [5, 5.41) is 0.884. The van der Waals surface area contributed by atoms with Gasteiger partial charge in [-0.05, 0) is 36.4 Å². The molecule has 3 rings (SSSR count). The zero-order valence-corrected chi connectivity index (χ0v) is 13.7. The maximum Gasteiger partial charge on any atom is 0.227 e. The van der Waals surface area contributed by atoms with Crippen molar-refractivity contribution in [3.8, 4) is 11.5 Å². The summed E-state index contributed by atoms with van der Waals surface area (Å²) >= 11 is 11.9. The van der Waals surface area contributed by atoms with Gasteiger partial charge in [-0.25, -0.2) is 9.98 Å². The Morgan fingerprint density at radius 1 is 1.00 bits per heavy atom. The number of guanidine groups is 2. The SMILES string of the molecule is NC(N)=NC(N)=Nc1ccc2oc(-c3ccc(Cl)c(Cl)c3)nc2c1. The van der Waals surface area contributed by atoms with Crippen molar-refractivity contribution in [3.63, 3.8) is 0 Å². The van der Waals surface area contributed by atoms with Crippen molar-refractivity contribution in [2.75, 3.05) is 0 Å². The molecule has 9 heteroatoms. The first-order valence-corrected chi connectivity index (χ1v) is 7.48. The van der Waals surface area contributed by atoms with E-state index < -0.39 is 0 Å². The number of nitrogens with two attached hydrogens (primary N) is 3. The average molecular weight is 363 g/mol. The van der Waals surface area contributed by atoms with Crippen molar-refractivity contribution in [1.82, 2.24) is 4.98 Å². The van der Waals surface area contributed by atoms with Crippen LogP contribution in [0.15, 0.2) is 50.8 Å². The molecule has 0 saturated heterocycles. The molecule has 2 aromatic carbocycles. The fourth-order valence-corrected chi connectivity index (χ4v) is 2.33. The molecule has 122 valence electrons. The molecule has 0 aliphatic rings. The van der Waals surface area contributed by atoms with Crippen molar-refractivity contribution >= 4 is 51.9 Å². The van der Waals surface area contributed by atoms with Gasteiger partial charge in [0.25, 0.3) is 0 Å². The largest absolute Gasteiger partial charge is 0.436 e. The predicted molar refractivity (Wildman–Crippen MR) is 96.6 cm³/mol. The fourth-order valence-electron chi connectivity index (χ4n) is 2.03. The van der Waals surface area contributed by atoms with Crippen molar-refractivity contribution in [3.05, 3.63) is 46.4 Å². The number of benzene rings is 2. The Kier molecular flexibility index (Phi) is 4.28. The summed E-state index contributed by atoms with van der Waals surface area (Å²) in [7, 11) is 0. The van der Waals surface area contributed by atoms with Crippen molar-refractivity contribution in [1.29, 1.82) is 0 Å². The molecule has 7 nitrogen and oxygen atoms in total. The van der Waals surface area contributed by atoms with E-state index in [1.807, 2.05) is 0 Å². The third kappa shape index (κ3) is 3.42. The average Bonchev–Trinajstić information content (AvgIpc) is 2.92. The Labute approximate surface area is 146 Å². The van der Waals surface area contributed by atoms with E-state index in [0.29, 0.717) is 38.3 Å². The van der Waals surface area contributed by atoms with Crippen LogP contribution in [0.3, 0.4) is 0 Å². The monoisotopic (exact) mass is 362 g/mol. The van der Waals surface area contributed by atoms with Gasteiger partial charge in [0.05, 0.1) is 15.7 Å². The fraction of sp³-hybridized carbons (Fsp3) is 0. The van der Waals surface area contributed by atoms with E-state index in [0.717, 1.165) is 0 Å². The Morgan fingerprint density at radius 2 is 1.79 bits per heavy atom. The van der Waals surface area contributed by atoms with Crippen molar-refractivity contribution in [2.24, 2.45) is 27.2 Å². The Morgan fingerprint density at radius 3 is 2.50 bits per heavy atom. The van der Waals surface area contributed by atoms with Crippen LogP contribution in [0.5, 0.6) is 0 Å². The Bertz CT molecular complexity index is 975. The molecular weight excluding hydrogens is 351 g/mol. The topological polar surface area (TPSA) is 129 Å². The molecule has 0 radical (unpaired) electrons.